The second kappa shape index (κ2) is 7.47. The second-order valence-corrected chi connectivity index (χ2v) is 6.57. The highest BCUT2D eigenvalue weighted by Crippen LogP contribution is 2.29. The number of carbonyl (C=O) groups excluding carboxylic acids is 1. The molecule has 0 saturated carbocycles. The number of hydrogen-bond donors (Lipinski definition) is 1. The SMILES string of the molecule is Cc1nn(CC(C)C)c(Cl)c1C(=O)NCc1cccc(C(F)(F)F)c1. The zero-order valence-corrected chi connectivity index (χ0v) is 14.9. The van der Waals surface area contributed by atoms with Crippen molar-refractivity contribution in [3.8, 4) is 0 Å². The molecule has 2 aromatic rings. The number of amides is 1. The maximum atomic E-state index is 12.7. The molecule has 0 unspecified atom stereocenters. The van der Waals surface area contributed by atoms with Crippen LogP contribution in [-0.4, -0.2) is 15.7 Å². The van der Waals surface area contributed by atoms with E-state index in [0.717, 1.165) is 12.1 Å². The van der Waals surface area contributed by atoms with Crippen molar-refractivity contribution in [2.45, 2.75) is 40.0 Å². The highest BCUT2D eigenvalue weighted by molar-refractivity contribution is 6.33. The summed E-state index contributed by atoms with van der Waals surface area (Å²) in [6.07, 6.45) is -4.42. The fourth-order valence-corrected chi connectivity index (χ4v) is 2.74. The Labute approximate surface area is 149 Å². The van der Waals surface area contributed by atoms with Gasteiger partial charge in [0.2, 0.25) is 0 Å². The van der Waals surface area contributed by atoms with Gasteiger partial charge >= 0.3 is 6.18 Å². The van der Waals surface area contributed by atoms with E-state index in [0.29, 0.717) is 23.7 Å². The Hall–Kier alpha value is -2.02. The van der Waals surface area contributed by atoms with Gasteiger partial charge in [-0.15, -0.1) is 0 Å². The monoisotopic (exact) mass is 373 g/mol. The van der Waals surface area contributed by atoms with E-state index in [1.807, 2.05) is 13.8 Å². The smallest absolute Gasteiger partial charge is 0.348 e. The number of hydrogen-bond acceptors (Lipinski definition) is 2. The molecule has 136 valence electrons. The first-order valence-corrected chi connectivity index (χ1v) is 8.14. The van der Waals surface area contributed by atoms with Crippen molar-refractivity contribution < 1.29 is 18.0 Å². The van der Waals surface area contributed by atoms with Crippen molar-refractivity contribution in [2.75, 3.05) is 0 Å². The van der Waals surface area contributed by atoms with Gasteiger partial charge in [-0.05, 0) is 30.5 Å². The third-order valence-corrected chi connectivity index (χ3v) is 3.92. The Morgan fingerprint density at radius 1 is 1.36 bits per heavy atom. The van der Waals surface area contributed by atoms with Crippen LogP contribution in [0.5, 0.6) is 0 Å². The summed E-state index contributed by atoms with van der Waals surface area (Å²) in [5.41, 5.74) is 0.325. The van der Waals surface area contributed by atoms with Gasteiger partial charge in [0.05, 0.1) is 16.8 Å². The molecule has 25 heavy (non-hydrogen) atoms. The number of benzene rings is 1. The van der Waals surface area contributed by atoms with Gasteiger partial charge < -0.3 is 5.32 Å². The van der Waals surface area contributed by atoms with Gasteiger partial charge in [-0.25, -0.2) is 0 Å². The van der Waals surface area contributed by atoms with Gasteiger partial charge in [-0.3, -0.25) is 9.48 Å². The molecule has 0 saturated heterocycles. The number of nitrogens with zero attached hydrogens (tertiary/aromatic N) is 2. The van der Waals surface area contributed by atoms with E-state index in [-0.39, 0.29) is 17.3 Å². The number of rotatable bonds is 5. The Morgan fingerprint density at radius 3 is 2.64 bits per heavy atom. The first kappa shape index (κ1) is 19.3. The molecule has 1 N–H and O–H groups in total. The van der Waals surface area contributed by atoms with Crippen LogP contribution in [0.3, 0.4) is 0 Å². The lowest BCUT2D eigenvalue weighted by atomic mass is 10.1. The molecule has 0 fully saturated rings. The molecule has 0 bridgehead atoms. The van der Waals surface area contributed by atoms with E-state index in [2.05, 4.69) is 10.4 Å². The molecule has 0 aliphatic rings. The minimum absolute atomic E-state index is 0.0338. The standard InChI is InChI=1S/C17H19ClF3N3O/c1-10(2)9-24-15(18)14(11(3)23-24)16(25)22-8-12-5-4-6-13(7-12)17(19,20)21/h4-7,10H,8-9H2,1-3H3,(H,22,25). The molecule has 1 amide bonds. The first-order valence-electron chi connectivity index (χ1n) is 7.76. The second-order valence-electron chi connectivity index (χ2n) is 6.21. The van der Waals surface area contributed by atoms with Crippen molar-refractivity contribution in [1.29, 1.82) is 0 Å². The number of aromatic nitrogens is 2. The molecule has 2 rings (SSSR count). The summed E-state index contributed by atoms with van der Waals surface area (Å²) in [6.45, 7) is 6.21. The van der Waals surface area contributed by atoms with Crippen LogP contribution in [0.15, 0.2) is 24.3 Å². The molecule has 8 heteroatoms. The predicted molar refractivity (Wildman–Crippen MR) is 89.4 cm³/mol. The zero-order valence-electron chi connectivity index (χ0n) is 14.1. The molecule has 0 atom stereocenters. The molecular weight excluding hydrogens is 355 g/mol. The lowest BCUT2D eigenvalue weighted by Gasteiger charge is -2.10. The van der Waals surface area contributed by atoms with E-state index in [4.69, 9.17) is 11.6 Å². The van der Waals surface area contributed by atoms with Crippen LogP contribution >= 0.6 is 11.6 Å². The van der Waals surface area contributed by atoms with Gasteiger partial charge in [-0.1, -0.05) is 37.6 Å². The lowest BCUT2D eigenvalue weighted by Crippen LogP contribution is -2.23. The number of alkyl halides is 3. The summed E-state index contributed by atoms with van der Waals surface area (Å²) in [5, 5.41) is 7.08. The average Bonchev–Trinajstić information content (AvgIpc) is 2.78. The average molecular weight is 374 g/mol. The van der Waals surface area contributed by atoms with E-state index < -0.39 is 17.6 Å². The van der Waals surface area contributed by atoms with Crippen molar-refractivity contribution >= 4 is 17.5 Å². The molecule has 1 heterocycles. The Balaban J connectivity index is 2.12. The Kier molecular flexibility index (Phi) is 5.77. The lowest BCUT2D eigenvalue weighted by molar-refractivity contribution is -0.137. The van der Waals surface area contributed by atoms with Crippen molar-refractivity contribution in [1.82, 2.24) is 15.1 Å². The predicted octanol–water partition coefficient (Wildman–Crippen LogP) is 4.45. The summed E-state index contributed by atoms with van der Waals surface area (Å²) in [4.78, 5) is 12.4. The zero-order chi connectivity index (χ0) is 18.8. The summed E-state index contributed by atoms with van der Waals surface area (Å²) in [5.74, 6) is -0.160. The highest BCUT2D eigenvalue weighted by atomic mass is 35.5. The summed E-state index contributed by atoms with van der Waals surface area (Å²) < 4.78 is 39.7. The van der Waals surface area contributed by atoms with Crippen LogP contribution in [0.1, 0.15) is 41.0 Å². The fourth-order valence-electron chi connectivity index (χ4n) is 2.41. The number of halogens is 4. The van der Waals surface area contributed by atoms with E-state index >= 15 is 0 Å². The molecule has 0 radical (unpaired) electrons. The number of nitrogens with one attached hydrogen (secondary N) is 1. The Bertz CT molecular complexity index is 769. The largest absolute Gasteiger partial charge is 0.416 e. The molecule has 0 spiro atoms. The maximum absolute atomic E-state index is 12.7. The van der Waals surface area contributed by atoms with Crippen molar-refractivity contribution in [3.05, 3.63) is 51.8 Å². The third kappa shape index (κ3) is 4.75. The first-order chi connectivity index (χ1) is 11.6. The third-order valence-electron chi connectivity index (χ3n) is 3.54. The van der Waals surface area contributed by atoms with E-state index in [1.165, 1.54) is 12.1 Å². The van der Waals surface area contributed by atoms with Crippen LogP contribution in [-0.2, 0) is 19.3 Å². The van der Waals surface area contributed by atoms with Crippen LogP contribution in [0.25, 0.3) is 0 Å². The van der Waals surface area contributed by atoms with Gasteiger partial charge in [0, 0.05) is 13.1 Å². The quantitative estimate of drug-likeness (QED) is 0.841. The maximum Gasteiger partial charge on any atom is 0.416 e. The fraction of sp³-hybridized carbons (Fsp3) is 0.412. The molecular formula is C17H19ClF3N3O. The van der Waals surface area contributed by atoms with Gasteiger partial charge in [0.25, 0.3) is 5.91 Å². The Morgan fingerprint density at radius 2 is 2.04 bits per heavy atom. The van der Waals surface area contributed by atoms with E-state index in [1.54, 1.807) is 11.6 Å². The molecule has 0 aliphatic carbocycles. The van der Waals surface area contributed by atoms with Crippen LogP contribution in [0, 0.1) is 12.8 Å². The molecule has 0 aliphatic heterocycles. The van der Waals surface area contributed by atoms with Gasteiger partial charge in [0.1, 0.15) is 5.15 Å². The van der Waals surface area contributed by atoms with Gasteiger partial charge in [-0.2, -0.15) is 18.3 Å². The summed E-state index contributed by atoms with van der Waals surface area (Å²) in [7, 11) is 0. The normalized spacial score (nSPS) is 11.8. The summed E-state index contributed by atoms with van der Waals surface area (Å²) in [6, 6.07) is 4.83. The van der Waals surface area contributed by atoms with Crippen molar-refractivity contribution in [3.63, 3.8) is 0 Å². The molecule has 4 nitrogen and oxygen atoms in total. The van der Waals surface area contributed by atoms with E-state index in [9.17, 15) is 18.0 Å². The molecule has 1 aromatic heterocycles. The van der Waals surface area contributed by atoms with Crippen LogP contribution in [0.4, 0.5) is 13.2 Å². The summed E-state index contributed by atoms with van der Waals surface area (Å²) >= 11 is 6.23. The highest BCUT2D eigenvalue weighted by Gasteiger charge is 2.30. The number of aryl methyl sites for hydroxylation is 1. The van der Waals surface area contributed by atoms with Gasteiger partial charge in [0.15, 0.2) is 0 Å². The van der Waals surface area contributed by atoms with Crippen LogP contribution < -0.4 is 5.32 Å². The minimum Gasteiger partial charge on any atom is -0.348 e. The van der Waals surface area contributed by atoms with Crippen molar-refractivity contribution in [2.24, 2.45) is 5.92 Å². The topological polar surface area (TPSA) is 46.9 Å². The number of carbonyl (C=O) groups is 1. The minimum atomic E-state index is -4.42. The molecule has 1 aromatic carbocycles. The van der Waals surface area contributed by atoms with Crippen LogP contribution in [0.2, 0.25) is 5.15 Å².